The monoisotopic (exact) mass is 394 g/mol. The molecule has 0 unspecified atom stereocenters. The number of hydrogen-bond acceptors (Lipinski definition) is 7. The molecule has 3 heterocycles. The number of carbonyl (C=O) groups is 1. The Hall–Kier alpha value is -3.08. The van der Waals surface area contributed by atoms with Gasteiger partial charge in [-0.25, -0.2) is 4.98 Å². The molecule has 11 heteroatoms. The fourth-order valence-electron chi connectivity index (χ4n) is 2.10. The number of aromatic nitrogens is 4. The molecule has 3 aromatic rings. The summed E-state index contributed by atoms with van der Waals surface area (Å²) in [6, 6.07) is 6.13. The van der Waals surface area contributed by atoms with Crippen LogP contribution in [0.2, 0.25) is 0 Å². The molecule has 0 fully saturated rings. The van der Waals surface area contributed by atoms with Crippen molar-refractivity contribution in [1.29, 1.82) is 0 Å². The molecule has 27 heavy (non-hydrogen) atoms. The van der Waals surface area contributed by atoms with Gasteiger partial charge >= 0.3 is 6.18 Å². The molecule has 0 aromatic carbocycles. The van der Waals surface area contributed by atoms with Crippen molar-refractivity contribution in [2.75, 3.05) is 17.3 Å². The van der Waals surface area contributed by atoms with E-state index < -0.39 is 17.6 Å². The smallest absolute Gasteiger partial charge is 0.313 e. The molecule has 1 amide bonds. The van der Waals surface area contributed by atoms with Crippen LogP contribution in [0.1, 0.15) is 12.5 Å². The molecule has 0 saturated heterocycles. The highest BCUT2D eigenvalue weighted by molar-refractivity contribution is 7.09. The Bertz CT molecular complexity index is 960. The summed E-state index contributed by atoms with van der Waals surface area (Å²) < 4.78 is 43.1. The number of hydrogen-bond donors (Lipinski definition) is 1. The van der Waals surface area contributed by atoms with E-state index in [1.165, 1.54) is 14.0 Å². The zero-order chi connectivity index (χ0) is 19.6. The Kier molecular flexibility index (Phi) is 5.04. The first-order chi connectivity index (χ1) is 12.8. The van der Waals surface area contributed by atoms with E-state index in [2.05, 4.69) is 24.6 Å². The minimum atomic E-state index is -4.58. The molecule has 0 aliphatic heterocycles. The lowest BCUT2D eigenvalue weighted by Crippen LogP contribution is -2.24. The van der Waals surface area contributed by atoms with Crippen molar-refractivity contribution in [3.63, 3.8) is 0 Å². The van der Waals surface area contributed by atoms with Gasteiger partial charge in [-0.05, 0) is 18.2 Å². The van der Waals surface area contributed by atoms with Crippen LogP contribution in [0.3, 0.4) is 0 Å². The first-order valence-corrected chi connectivity index (χ1v) is 8.36. The highest BCUT2D eigenvalue weighted by Gasteiger charge is 2.32. The molecule has 0 saturated carbocycles. The van der Waals surface area contributed by atoms with Crippen LogP contribution in [0.4, 0.5) is 29.8 Å². The second-order valence-corrected chi connectivity index (χ2v) is 6.18. The fraction of sp³-hybridized carbons (Fsp3) is 0.188. The molecule has 140 valence electrons. The van der Waals surface area contributed by atoms with E-state index in [1.54, 1.807) is 24.4 Å². The van der Waals surface area contributed by atoms with Gasteiger partial charge in [-0.15, -0.1) is 0 Å². The summed E-state index contributed by atoms with van der Waals surface area (Å²) in [5, 5.41) is 3.13. The predicted octanol–water partition coefficient (Wildman–Crippen LogP) is 3.74. The van der Waals surface area contributed by atoms with Crippen molar-refractivity contribution in [1.82, 2.24) is 19.3 Å². The molecular weight excluding hydrogens is 381 g/mol. The summed E-state index contributed by atoms with van der Waals surface area (Å²) in [4.78, 5) is 25.0. The summed E-state index contributed by atoms with van der Waals surface area (Å²) in [6.07, 6.45) is -2.28. The molecule has 3 rings (SSSR count). The van der Waals surface area contributed by atoms with Gasteiger partial charge in [0.2, 0.25) is 11.0 Å². The lowest BCUT2D eigenvalue weighted by atomic mass is 10.2. The normalized spacial score (nSPS) is 11.3. The second kappa shape index (κ2) is 7.27. The van der Waals surface area contributed by atoms with Crippen molar-refractivity contribution in [3.8, 4) is 11.5 Å². The number of amides is 1. The number of pyridine rings is 2. The SMILES string of the molecule is CC(=O)N(C)c1cc(C(F)(F)F)cnc1Nc1nc(-c2ccccn2)ns1. The molecule has 0 aliphatic rings. The van der Waals surface area contributed by atoms with E-state index in [1.807, 2.05) is 0 Å². The van der Waals surface area contributed by atoms with Gasteiger partial charge in [0.05, 0.1) is 11.3 Å². The summed E-state index contributed by atoms with van der Waals surface area (Å²) in [5.41, 5.74) is -0.419. The van der Waals surface area contributed by atoms with E-state index in [0.717, 1.165) is 22.5 Å². The van der Waals surface area contributed by atoms with E-state index >= 15 is 0 Å². The van der Waals surface area contributed by atoms with Crippen LogP contribution in [-0.2, 0) is 11.0 Å². The van der Waals surface area contributed by atoms with Crippen LogP contribution >= 0.6 is 11.5 Å². The summed E-state index contributed by atoms with van der Waals surface area (Å²) in [6.45, 7) is 1.24. The summed E-state index contributed by atoms with van der Waals surface area (Å²) >= 11 is 1.000. The molecule has 0 radical (unpaired) electrons. The lowest BCUT2D eigenvalue weighted by molar-refractivity contribution is -0.137. The Morgan fingerprint density at radius 1 is 1.26 bits per heavy atom. The molecular formula is C16H13F3N6OS. The van der Waals surface area contributed by atoms with Gasteiger partial charge in [-0.3, -0.25) is 9.78 Å². The van der Waals surface area contributed by atoms with Crippen LogP contribution in [0.25, 0.3) is 11.5 Å². The Labute approximate surface area is 156 Å². The van der Waals surface area contributed by atoms with Crippen LogP contribution in [0.5, 0.6) is 0 Å². The number of rotatable bonds is 4. The van der Waals surface area contributed by atoms with Gasteiger partial charge in [0.15, 0.2) is 11.6 Å². The average molecular weight is 394 g/mol. The summed E-state index contributed by atoms with van der Waals surface area (Å²) in [5.74, 6) is -0.00785. The second-order valence-electron chi connectivity index (χ2n) is 5.43. The maximum absolute atomic E-state index is 13.0. The first-order valence-electron chi connectivity index (χ1n) is 7.59. The van der Waals surface area contributed by atoms with Crippen molar-refractivity contribution in [2.45, 2.75) is 13.1 Å². The predicted molar refractivity (Wildman–Crippen MR) is 94.7 cm³/mol. The van der Waals surface area contributed by atoms with E-state index in [4.69, 9.17) is 0 Å². The molecule has 3 aromatic heterocycles. The maximum Gasteiger partial charge on any atom is 0.417 e. The third-order valence-electron chi connectivity index (χ3n) is 3.57. The largest absolute Gasteiger partial charge is 0.417 e. The topological polar surface area (TPSA) is 83.9 Å². The molecule has 0 spiro atoms. The van der Waals surface area contributed by atoms with Gasteiger partial charge < -0.3 is 10.2 Å². The van der Waals surface area contributed by atoms with Gasteiger partial charge in [-0.1, -0.05) is 6.07 Å². The van der Waals surface area contributed by atoms with E-state index in [9.17, 15) is 18.0 Å². The number of carbonyl (C=O) groups excluding carboxylic acids is 1. The van der Waals surface area contributed by atoms with Gasteiger partial charge in [0.1, 0.15) is 5.69 Å². The number of nitrogens with one attached hydrogen (secondary N) is 1. The highest BCUT2D eigenvalue weighted by Crippen LogP contribution is 2.35. The van der Waals surface area contributed by atoms with E-state index in [-0.39, 0.29) is 11.5 Å². The quantitative estimate of drug-likeness (QED) is 0.726. The first kappa shape index (κ1) is 18.7. The van der Waals surface area contributed by atoms with Crippen LogP contribution in [0.15, 0.2) is 36.7 Å². The molecule has 0 aliphatic carbocycles. The number of halogens is 3. The van der Waals surface area contributed by atoms with Crippen molar-refractivity contribution in [3.05, 3.63) is 42.2 Å². The molecule has 7 nitrogen and oxygen atoms in total. The number of alkyl halides is 3. The zero-order valence-corrected chi connectivity index (χ0v) is 15.0. The van der Waals surface area contributed by atoms with Crippen LogP contribution < -0.4 is 10.2 Å². The lowest BCUT2D eigenvalue weighted by Gasteiger charge is -2.20. The minimum Gasteiger partial charge on any atom is -0.313 e. The number of anilines is 3. The Morgan fingerprint density at radius 2 is 2.04 bits per heavy atom. The Morgan fingerprint density at radius 3 is 2.67 bits per heavy atom. The standard InChI is InChI=1S/C16H13F3N6OS/c1-9(26)25(2)12-7-10(16(17,18)19)8-21-14(12)23-15-22-13(24-27-15)11-5-3-4-6-20-11/h3-8H,1-2H3,(H,21,22,23,24). The Balaban J connectivity index is 1.94. The van der Waals surface area contributed by atoms with E-state index in [0.29, 0.717) is 22.8 Å². The van der Waals surface area contributed by atoms with Gasteiger partial charge in [0.25, 0.3) is 0 Å². The zero-order valence-electron chi connectivity index (χ0n) is 14.2. The third kappa shape index (κ3) is 4.19. The molecule has 0 atom stereocenters. The average Bonchev–Trinajstić information content (AvgIpc) is 3.10. The van der Waals surface area contributed by atoms with Crippen LogP contribution in [-0.4, -0.2) is 32.3 Å². The maximum atomic E-state index is 13.0. The highest BCUT2D eigenvalue weighted by atomic mass is 32.1. The summed E-state index contributed by atoms with van der Waals surface area (Å²) in [7, 11) is 1.37. The van der Waals surface area contributed by atoms with Gasteiger partial charge in [-0.2, -0.15) is 22.5 Å². The fourth-order valence-corrected chi connectivity index (χ4v) is 2.68. The van der Waals surface area contributed by atoms with Crippen molar-refractivity contribution in [2.24, 2.45) is 0 Å². The number of nitrogens with zero attached hydrogens (tertiary/aromatic N) is 5. The minimum absolute atomic E-state index is 0.0214. The molecule has 1 N–H and O–H groups in total. The van der Waals surface area contributed by atoms with Crippen LogP contribution in [0, 0.1) is 0 Å². The molecule has 0 bridgehead atoms. The third-order valence-corrected chi connectivity index (χ3v) is 4.20. The van der Waals surface area contributed by atoms with Crippen molar-refractivity contribution >= 4 is 34.1 Å². The van der Waals surface area contributed by atoms with Crippen molar-refractivity contribution < 1.29 is 18.0 Å². The van der Waals surface area contributed by atoms with Gasteiger partial charge in [0, 0.05) is 37.9 Å².